The van der Waals surface area contributed by atoms with E-state index in [1.54, 1.807) is 25.3 Å². The second-order valence-corrected chi connectivity index (χ2v) is 3.91. The van der Waals surface area contributed by atoms with Crippen molar-refractivity contribution in [3.8, 4) is 11.1 Å². The lowest BCUT2D eigenvalue weighted by Crippen LogP contribution is -2.09. The number of rotatable bonds is 3. The van der Waals surface area contributed by atoms with Crippen molar-refractivity contribution >= 4 is 23.4 Å². The fourth-order valence-electron chi connectivity index (χ4n) is 1.38. The minimum atomic E-state index is -0.114. The van der Waals surface area contributed by atoms with Gasteiger partial charge in [0.1, 0.15) is 0 Å². The lowest BCUT2D eigenvalue weighted by molar-refractivity contribution is -0.116. The van der Waals surface area contributed by atoms with E-state index in [0.717, 1.165) is 11.1 Å². The zero-order valence-corrected chi connectivity index (χ0v) is 9.99. The van der Waals surface area contributed by atoms with Gasteiger partial charge >= 0.3 is 0 Å². The third kappa shape index (κ3) is 2.65. The van der Waals surface area contributed by atoms with Crippen LogP contribution >= 0.6 is 11.6 Å². The van der Waals surface area contributed by atoms with E-state index < -0.39 is 0 Å². The molecule has 1 heterocycles. The fourth-order valence-corrected chi connectivity index (χ4v) is 1.51. The van der Waals surface area contributed by atoms with Gasteiger partial charge in [-0.25, -0.2) is 0 Å². The van der Waals surface area contributed by atoms with E-state index in [0.29, 0.717) is 17.3 Å². The van der Waals surface area contributed by atoms with Gasteiger partial charge in [0.2, 0.25) is 11.8 Å². The normalized spacial score (nSPS) is 10.2. The molecule has 2 rings (SSSR count). The quantitative estimate of drug-likeness (QED) is 0.909. The molecular formula is C12H11ClN2O2. The largest absolute Gasteiger partial charge is 0.338 e. The first-order chi connectivity index (χ1) is 8.20. The first kappa shape index (κ1) is 11.7. The highest BCUT2D eigenvalue weighted by Gasteiger charge is 2.12. The molecule has 5 heteroatoms. The number of halogens is 1. The van der Waals surface area contributed by atoms with Crippen molar-refractivity contribution in [2.75, 3.05) is 5.32 Å². The summed E-state index contributed by atoms with van der Waals surface area (Å²) in [4.78, 5) is 11.3. The van der Waals surface area contributed by atoms with E-state index in [4.69, 9.17) is 16.1 Å². The Kier molecular flexibility index (Phi) is 3.44. The zero-order chi connectivity index (χ0) is 12.3. The van der Waals surface area contributed by atoms with Crippen LogP contribution < -0.4 is 5.32 Å². The van der Waals surface area contributed by atoms with E-state index in [9.17, 15) is 4.79 Å². The molecule has 0 aliphatic heterocycles. The fraction of sp³-hybridized carbons (Fsp3) is 0.167. The number of aromatic nitrogens is 1. The van der Waals surface area contributed by atoms with Gasteiger partial charge in [0.25, 0.3) is 0 Å². The van der Waals surface area contributed by atoms with Gasteiger partial charge in [-0.2, -0.15) is 0 Å². The maximum absolute atomic E-state index is 11.3. The number of nitrogens with one attached hydrogen (secondary N) is 1. The molecule has 0 fully saturated rings. The lowest BCUT2D eigenvalue weighted by atomic mass is 10.1. The summed E-state index contributed by atoms with van der Waals surface area (Å²) >= 11 is 5.81. The molecule has 0 radical (unpaired) electrons. The van der Waals surface area contributed by atoms with Crippen LogP contribution in [0.25, 0.3) is 11.1 Å². The second-order valence-electron chi connectivity index (χ2n) is 3.48. The topological polar surface area (TPSA) is 55.1 Å². The molecule has 0 saturated carbocycles. The number of anilines is 1. The monoisotopic (exact) mass is 250 g/mol. The molecule has 88 valence electrons. The first-order valence-electron chi connectivity index (χ1n) is 5.21. The highest BCUT2D eigenvalue weighted by molar-refractivity contribution is 6.30. The standard InChI is InChI=1S/C12H11ClN2O2/c1-2-11(16)15-12-10(7-14-17-12)8-3-5-9(13)6-4-8/h3-7H,2H2,1H3,(H,15,16). The molecule has 1 amide bonds. The Labute approximate surface area is 104 Å². The molecule has 0 bridgehead atoms. The summed E-state index contributed by atoms with van der Waals surface area (Å²) in [6.45, 7) is 1.77. The second kappa shape index (κ2) is 5.01. The number of hydrogen-bond donors (Lipinski definition) is 1. The average molecular weight is 251 g/mol. The van der Waals surface area contributed by atoms with Crippen molar-refractivity contribution in [3.05, 3.63) is 35.5 Å². The van der Waals surface area contributed by atoms with Gasteiger partial charge in [0.05, 0.1) is 11.8 Å². The van der Waals surface area contributed by atoms with Gasteiger partial charge in [-0.15, -0.1) is 0 Å². The minimum Gasteiger partial charge on any atom is -0.338 e. The molecule has 17 heavy (non-hydrogen) atoms. The van der Waals surface area contributed by atoms with Crippen LogP contribution in [0, 0.1) is 0 Å². The third-order valence-electron chi connectivity index (χ3n) is 2.30. The molecule has 1 aromatic heterocycles. The zero-order valence-electron chi connectivity index (χ0n) is 9.24. The number of benzene rings is 1. The van der Waals surface area contributed by atoms with Crippen molar-refractivity contribution in [1.29, 1.82) is 0 Å². The molecular weight excluding hydrogens is 240 g/mol. The van der Waals surface area contributed by atoms with Gasteiger partial charge < -0.3 is 4.52 Å². The first-order valence-corrected chi connectivity index (χ1v) is 5.59. The van der Waals surface area contributed by atoms with Gasteiger partial charge in [-0.05, 0) is 17.7 Å². The van der Waals surface area contributed by atoms with Gasteiger partial charge in [-0.1, -0.05) is 35.8 Å². The van der Waals surface area contributed by atoms with Crippen LogP contribution in [-0.2, 0) is 4.79 Å². The molecule has 1 N–H and O–H groups in total. The summed E-state index contributed by atoms with van der Waals surface area (Å²) in [6, 6.07) is 7.23. The summed E-state index contributed by atoms with van der Waals surface area (Å²) in [7, 11) is 0. The Hall–Kier alpha value is -1.81. The summed E-state index contributed by atoms with van der Waals surface area (Å²) in [5, 5.41) is 6.99. The van der Waals surface area contributed by atoms with Crippen molar-refractivity contribution in [1.82, 2.24) is 5.16 Å². The van der Waals surface area contributed by atoms with Gasteiger partial charge in [0, 0.05) is 11.4 Å². The van der Waals surface area contributed by atoms with Crippen LogP contribution in [0.5, 0.6) is 0 Å². The van der Waals surface area contributed by atoms with Gasteiger partial charge in [0.15, 0.2) is 0 Å². The molecule has 0 saturated heterocycles. The Balaban J connectivity index is 2.30. The van der Waals surface area contributed by atoms with Gasteiger partial charge in [-0.3, -0.25) is 10.1 Å². The molecule has 2 aromatic rings. The van der Waals surface area contributed by atoms with Crippen LogP contribution in [0.4, 0.5) is 5.88 Å². The highest BCUT2D eigenvalue weighted by Crippen LogP contribution is 2.28. The minimum absolute atomic E-state index is 0.114. The predicted octanol–water partition coefficient (Wildman–Crippen LogP) is 3.34. The smallest absolute Gasteiger partial charge is 0.239 e. The van der Waals surface area contributed by atoms with Crippen LogP contribution in [0.3, 0.4) is 0 Å². The Morgan fingerprint density at radius 3 is 2.76 bits per heavy atom. The molecule has 0 unspecified atom stereocenters. The molecule has 0 aliphatic rings. The molecule has 0 spiro atoms. The SMILES string of the molecule is CCC(=O)Nc1oncc1-c1ccc(Cl)cc1. The van der Waals surface area contributed by atoms with E-state index in [2.05, 4.69) is 10.5 Å². The van der Waals surface area contributed by atoms with Crippen molar-refractivity contribution in [2.45, 2.75) is 13.3 Å². The summed E-state index contributed by atoms with van der Waals surface area (Å²) in [6.07, 6.45) is 1.95. The number of hydrogen-bond acceptors (Lipinski definition) is 3. The third-order valence-corrected chi connectivity index (χ3v) is 2.55. The van der Waals surface area contributed by atoms with Crippen molar-refractivity contribution in [3.63, 3.8) is 0 Å². The van der Waals surface area contributed by atoms with Crippen LogP contribution in [-0.4, -0.2) is 11.1 Å². The Bertz CT molecular complexity index is 520. The number of nitrogens with zero attached hydrogens (tertiary/aromatic N) is 1. The van der Waals surface area contributed by atoms with Crippen LogP contribution in [0.2, 0.25) is 5.02 Å². The molecule has 0 aliphatic carbocycles. The van der Waals surface area contributed by atoms with Crippen LogP contribution in [0.1, 0.15) is 13.3 Å². The highest BCUT2D eigenvalue weighted by atomic mass is 35.5. The number of amides is 1. The van der Waals surface area contributed by atoms with Crippen molar-refractivity contribution < 1.29 is 9.32 Å². The lowest BCUT2D eigenvalue weighted by Gasteiger charge is -2.02. The Morgan fingerprint density at radius 1 is 1.41 bits per heavy atom. The number of carbonyl (C=O) groups is 1. The van der Waals surface area contributed by atoms with E-state index in [1.165, 1.54) is 0 Å². The van der Waals surface area contributed by atoms with E-state index in [-0.39, 0.29) is 5.91 Å². The summed E-state index contributed by atoms with van der Waals surface area (Å²) in [5.41, 5.74) is 1.63. The summed E-state index contributed by atoms with van der Waals surface area (Å²) < 4.78 is 5.01. The van der Waals surface area contributed by atoms with Crippen LogP contribution in [0.15, 0.2) is 35.0 Å². The number of carbonyl (C=O) groups excluding carboxylic acids is 1. The van der Waals surface area contributed by atoms with E-state index >= 15 is 0 Å². The summed E-state index contributed by atoms with van der Waals surface area (Å²) in [5.74, 6) is 0.246. The molecule has 0 atom stereocenters. The van der Waals surface area contributed by atoms with Crippen molar-refractivity contribution in [2.24, 2.45) is 0 Å². The maximum atomic E-state index is 11.3. The predicted molar refractivity (Wildman–Crippen MR) is 65.9 cm³/mol. The van der Waals surface area contributed by atoms with E-state index in [1.807, 2.05) is 12.1 Å². The maximum Gasteiger partial charge on any atom is 0.239 e. The molecule has 4 nitrogen and oxygen atoms in total. The molecule has 1 aromatic carbocycles. The Morgan fingerprint density at radius 2 is 2.12 bits per heavy atom. The average Bonchev–Trinajstić information content (AvgIpc) is 2.78.